The van der Waals surface area contributed by atoms with Gasteiger partial charge < -0.3 is 9.84 Å². The second-order valence-corrected chi connectivity index (χ2v) is 5.29. The van der Waals surface area contributed by atoms with Crippen LogP contribution in [0, 0.1) is 5.82 Å². The van der Waals surface area contributed by atoms with Gasteiger partial charge >= 0.3 is 0 Å². The van der Waals surface area contributed by atoms with Crippen molar-refractivity contribution in [3.8, 4) is 5.75 Å². The molecule has 0 aliphatic carbocycles. The summed E-state index contributed by atoms with van der Waals surface area (Å²) in [6.45, 7) is 1.78. The SMILES string of the molecule is COc1ccccc1CC(C)(O)Cc1ccc(F)cc1. The van der Waals surface area contributed by atoms with Crippen LogP contribution in [0.5, 0.6) is 5.75 Å². The highest BCUT2D eigenvalue weighted by atomic mass is 19.1. The van der Waals surface area contributed by atoms with Gasteiger partial charge in [0.2, 0.25) is 0 Å². The summed E-state index contributed by atoms with van der Waals surface area (Å²) >= 11 is 0. The lowest BCUT2D eigenvalue weighted by atomic mass is 9.89. The van der Waals surface area contributed by atoms with E-state index in [1.54, 1.807) is 26.2 Å². The van der Waals surface area contributed by atoms with Crippen molar-refractivity contribution in [1.29, 1.82) is 0 Å². The third-order valence-electron chi connectivity index (χ3n) is 3.26. The van der Waals surface area contributed by atoms with E-state index < -0.39 is 5.60 Å². The number of rotatable bonds is 5. The molecule has 0 heterocycles. The van der Waals surface area contributed by atoms with Crippen LogP contribution < -0.4 is 4.74 Å². The molecule has 0 aromatic heterocycles. The van der Waals surface area contributed by atoms with Crippen molar-refractivity contribution < 1.29 is 14.2 Å². The average molecular weight is 274 g/mol. The third-order valence-corrected chi connectivity index (χ3v) is 3.26. The molecule has 0 saturated heterocycles. The molecule has 1 unspecified atom stereocenters. The zero-order valence-corrected chi connectivity index (χ0v) is 11.8. The Hall–Kier alpha value is -1.87. The molecule has 20 heavy (non-hydrogen) atoms. The Morgan fingerprint density at radius 2 is 1.70 bits per heavy atom. The fraction of sp³-hybridized carbons (Fsp3) is 0.294. The van der Waals surface area contributed by atoms with Crippen molar-refractivity contribution >= 4 is 0 Å². The molecule has 0 radical (unpaired) electrons. The lowest BCUT2D eigenvalue weighted by molar-refractivity contribution is 0.0602. The van der Waals surface area contributed by atoms with Crippen LogP contribution in [0.25, 0.3) is 0 Å². The van der Waals surface area contributed by atoms with E-state index in [2.05, 4.69) is 0 Å². The summed E-state index contributed by atoms with van der Waals surface area (Å²) in [7, 11) is 1.62. The van der Waals surface area contributed by atoms with Gasteiger partial charge in [0.1, 0.15) is 11.6 Å². The van der Waals surface area contributed by atoms with Crippen molar-refractivity contribution in [1.82, 2.24) is 0 Å². The molecule has 1 atom stereocenters. The van der Waals surface area contributed by atoms with E-state index in [1.165, 1.54) is 12.1 Å². The normalized spacial score (nSPS) is 13.8. The maximum atomic E-state index is 12.9. The van der Waals surface area contributed by atoms with Crippen LogP contribution in [-0.4, -0.2) is 17.8 Å². The summed E-state index contributed by atoms with van der Waals surface area (Å²) in [5.41, 5.74) is 0.959. The number of para-hydroxylation sites is 1. The van der Waals surface area contributed by atoms with Crippen molar-refractivity contribution in [2.75, 3.05) is 7.11 Å². The highest BCUT2D eigenvalue weighted by molar-refractivity contribution is 5.34. The number of aliphatic hydroxyl groups is 1. The maximum Gasteiger partial charge on any atom is 0.123 e. The first-order valence-corrected chi connectivity index (χ1v) is 6.59. The summed E-state index contributed by atoms with van der Waals surface area (Å²) in [5, 5.41) is 10.6. The highest BCUT2D eigenvalue weighted by Gasteiger charge is 2.23. The van der Waals surface area contributed by atoms with E-state index in [-0.39, 0.29) is 5.82 Å². The Morgan fingerprint density at radius 3 is 2.35 bits per heavy atom. The second kappa shape index (κ2) is 6.06. The zero-order chi connectivity index (χ0) is 14.6. The Balaban J connectivity index is 2.12. The van der Waals surface area contributed by atoms with Gasteiger partial charge in [-0.1, -0.05) is 30.3 Å². The van der Waals surface area contributed by atoms with Gasteiger partial charge in [0.25, 0.3) is 0 Å². The number of methoxy groups -OCH3 is 1. The molecule has 2 aromatic carbocycles. The number of halogens is 1. The number of hydrogen-bond donors (Lipinski definition) is 1. The van der Waals surface area contributed by atoms with E-state index in [0.29, 0.717) is 12.8 Å². The molecule has 0 spiro atoms. The van der Waals surface area contributed by atoms with Gasteiger partial charge in [0.15, 0.2) is 0 Å². The quantitative estimate of drug-likeness (QED) is 0.905. The van der Waals surface area contributed by atoms with Crippen LogP contribution in [0.3, 0.4) is 0 Å². The lowest BCUT2D eigenvalue weighted by Crippen LogP contribution is -2.30. The van der Waals surface area contributed by atoms with Crippen LogP contribution >= 0.6 is 0 Å². The van der Waals surface area contributed by atoms with E-state index >= 15 is 0 Å². The van der Waals surface area contributed by atoms with Gasteiger partial charge in [0.05, 0.1) is 12.7 Å². The van der Waals surface area contributed by atoms with Crippen molar-refractivity contribution in [2.24, 2.45) is 0 Å². The number of hydrogen-bond acceptors (Lipinski definition) is 2. The molecule has 2 aromatic rings. The van der Waals surface area contributed by atoms with Crippen LogP contribution in [0.1, 0.15) is 18.1 Å². The number of ether oxygens (including phenoxy) is 1. The Labute approximate surface area is 118 Å². The zero-order valence-electron chi connectivity index (χ0n) is 11.8. The van der Waals surface area contributed by atoms with Crippen LogP contribution in [0.4, 0.5) is 4.39 Å². The van der Waals surface area contributed by atoms with E-state index in [1.807, 2.05) is 24.3 Å². The minimum atomic E-state index is -0.910. The number of benzene rings is 2. The molecule has 1 N–H and O–H groups in total. The molecule has 2 rings (SSSR count). The average Bonchev–Trinajstić information content (AvgIpc) is 2.41. The molecule has 0 bridgehead atoms. The summed E-state index contributed by atoms with van der Waals surface area (Å²) in [6.07, 6.45) is 0.944. The second-order valence-electron chi connectivity index (χ2n) is 5.29. The maximum absolute atomic E-state index is 12.9. The minimum absolute atomic E-state index is 0.266. The van der Waals surface area contributed by atoms with Gasteiger partial charge in [-0.05, 0) is 36.2 Å². The van der Waals surface area contributed by atoms with Crippen molar-refractivity contribution in [2.45, 2.75) is 25.4 Å². The predicted molar refractivity (Wildman–Crippen MR) is 77.4 cm³/mol. The van der Waals surface area contributed by atoms with Crippen molar-refractivity contribution in [3.05, 3.63) is 65.5 Å². The highest BCUT2D eigenvalue weighted by Crippen LogP contribution is 2.25. The molecule has 106 valence electrons. The van der Waals surface area contributed by atoms with E-state index in [4.69, 9.17) is 4.74 Å². The summed E-state index contributed by atoms with van der Waals surface area (Å²) in [4.78, 5) is 0. The minimum Gasteiger partial charge on any atom is -0.496 e. The topological polar surface area (TPSA) is 29.5 Å². The molecule has 0 aliphatic heterocycles. The molecule has 3 heteroatoms. The van der Waals surface area contributed by atoms with Crippen molar-refractivity contribution in [3.63, 3.8) is 0 Å². The fourth-order valence-corrected chi connectivity index (χ4v) is 2.36. The Morgan fingerprint density at radius 1 is 1.05 bits per heavy atom. The monoisotopic (exact) mass is 274 g/mol. The molecule has 0 saturated carbocycles. The molecule has 0 fully saturated rings. The lowest BCUT2D eigenvalue weighted by Gasteiger charge is -2.24. The van der Waals surface area contributed by atoms with Gasteiger partial charge in [-0.3, -0.25) is 0 Å². The van der Waals surface area contributed by atoms with Gasteiger partial charge in [-0.15, -0.1) is 0 Å². The van der Waals surface area contributed by atoms with Crippen LogP contribution in [0.15, 0.2) is 48.5 Å². The van der Waals surface area contributed by atoms with E-state index in [9.17, 15) is 9.50 Å². The molecule has 2 nitrogen and oxygen atoms in total. The molecule has 0 amide bonds. The first kappa shape index (κ1) is 14.5. The third kappa shape index (κ3) is 3.81. The summed E-state index contributed by atoms with van der Waals surface area (Å²) in [5.74, 6) is 0.505. The van der Waals surface area contributed by atoms with Gasteiger partial charge in [0, 0.05) is 12.8 Å². The van der Waals surface area contributed by atoms with Gasteiger partial charge in [-0.25, -0.2) is 4.39 Å². The van der Waals surface area contributed by atoms with E-state index in [0.717, 1.165) is 16.9 Å². The molecular formula is C17H19FO2. The first-order valence-electron chi connectivity index (χ1n) is 6.59. The fourth-order valence-electron chi connectivity index (χ4n) is 2.36. The largest absolute Gasteiger partial charge is 0.496 e. The molecular weight excluding hydrogens is 255 g/mol. The Kier molecular flexibility index (Phi) is 4.40. The summed E-state index contributed by atoms with van der Waals surface area (Å²) in [6, 6.07) is 13.9. The van der Waals surface area contributed by atoms with Crippen LogP contribution in [0.2, 0.25) is 0 Å². The standard InChI is InChI=1S/C17H19FO2/c1-17(19,11-13-7-9-15(18)10-8-13)12-14-5-3-4-6-16(14)20-2/h3-10,19H,11-12H2,1-2H3. The molecule has 0 aliphatic rings. The summed E-state index contributed by atoms with van der Waals surface area (Å²) < 4.78 is 18.2. The first-order chi connectivity index (χ1) is 9.50. The van der Waals surface area contributed by atoms with Gasteiger partial charge in [-0.2, -0.15) is 0 Å². The predicted octanol–water partition coefficient (Wildman–Crippen LogP) is 3.37. The van der Waals surface area contributed by atoms with Crippen LogP contribution in [-0.2, 0) is 12.8 Å². The smallest absolute Gasteiger partial charge is 0.123 e. The Bertz CT molecular complexity index is 561.